The van der Waals surface area contributed by atoms with Crippen LogP contribution in [0.3, 0.4) is 0 Å². The Kier molecular flexibility index (Phi) is 8.75. The lowest BCUT2D eigenvalue weighted by molar-refractivity contribution is -0.114. The highest BCUT2D eigenvalue weighted by Gasteiger charge is 2.18. The predicted octanol–water partition coefficient (Wildman–Crippen LogP) is 3.80. The van der Waals surface area contributed by atoms with Crippen LogP contribution in [0.4, 0.5) is 5.69 Å². The molecular formula is C22H29IN4O2. The number of fused-ring (bicyclic) bond motifs is 1. The molecule has 0 fully saturated rings. The number of guanidine groups is 1. The van der Waals surface area contributed by atoms with Gasteiger partial charge in [0, 0.05) is 26.6 Å². The topological polar surface area (TPSA) is 66.0 Å². The van der Waals surface area contributed by atoms with Gasteiger partial charge in [-0.05, 0) is 42.2 Å². The minimum Gasteiger partial charge on any atom is -0.495 e. The Bertz CT molecular complexity index is 870. The third-order valence-corrected chi connectivity index (χ3v) is 4.75. The number of hydrogen-bond acceptors (Lipinski definition) is 3. The molecule has 0 bridgehead atoms. The number of anilines is 1. The third-order valence-electron chi connectivity index (χ3n) is 4.75. The van der Waals surface area contributed by atoms with E-state index in [4.69, 9.17) is 9.73 Å². The van der Waals surface area contributed by atoms with Crippen molar-refractivity contribution in [2.45, 2.75) is 33.4 Å². The molecule has 3 rings (SSSR count). The number of carbonyl (C=O) groups is 1. The van der Waals surface area contributed by atoms with Crippen LogP contribution in [0.1, 0.15) is 30.5 Å². The van der Waals surface area contributed by atoms with Crippen LogP contribution in [0.15, 0.2) is 47.5 Å². The van der Waals surface area contributed by atoms with Gasteiger partial charge in [-0.1, -0.05) is 30.3 Å². The molecule has 0 spiro atoms. The number of hydrogen-bond donors (Lipinski definition) is 2. The fraction of sp³-hybridized carbons (Fsp3) is 0.364. The summed E-state index contributed by atoms with van der Waals surface area (Å²) in [5.41, 5.74) is 4.46. The van der Waals surface area contributed by atoms with Gasteiger partial charge >= 0.3 is 0 Å². The second-order valence-corrected chi connectivity index (χ2v) is 6.83. The van der Waals surface area contributed by atoms with Gasteiger partial charge < -0.3 is 20.3 Å². The van der Waals surface area contributed by atoms with Crippen molar-refractivity contribution in [3.8, 4) is 5.75 Å². The van der Waals surface area contributed by atoms with Gasteiger partial charge in [0.1, 0.15) is 5.75 Å². The molecule has 2 aromatic rings. The Hall–Kier alpha value is -2.29. The highest BCUT2D eigenvalue weighted by molar-refractivity contribution is 14.0. The molecule has 156 valence electrons. The van der Waals surface area contributed by atoms with E-state index >= 15 is 0 Å². The van der Waals surface area contributed by atoms with Crippen LogP contribution < -0.4 is 15.4 Å². The van der Waals surface area contributed by atoms with Crippen LogP contribution in [0, 0.1) is 0 Å². The molecule has 0 atom stereocenters. The normalized spacial score (nSPS) is 13.2. The lowest BCUT2D eigenvalue weighted by Gasteiger charge is -2.31. The summed E-state index contributed by atoms with van der Waals surface area (Å²) in [6.07, 6.45) is 1.02. The van der Waals surface area contributed by atoms with Gasteiger partial charge in [-0.3, -0.25) is 4.79 Å². The molecule has 0 saturated carbocycles. The van der Waals surface area contributed by atoms with Gasteiger partial charge in [0.05, 0.1) is 19.3 Å². The molecular weight excluding hydrogens is 479 g/mol. The van der Waals surface area contributed by atoms with Crippen LogP contribution in [0.25, 0.3) is 0 Å². The Balaban J connectivity index is 0.00000300. The first-order valence-corrected chi connectivity index (χ1v) is 9.65. The van der Waals surface area contributed by atoms with E-state index in [2.05, 4.69) is 46.7 Å². The quantitative estimate of drug-likeness (QED) is 0.367. The molecule has 29 heavy (non-hydrogen) atoms. The average Bonchev–Trinajstić information content (AvgIpc) is 2.70. The van der Waals surface area contributed by atoms with Gasteiger partial charge in [-0.2, -0.15) is 0 Å². The highest BCUT2D eigenvalue weighted by atomic mass is 127. The number of ether oxygens (including phenoxy) is 1. The van der Waals surface area contributed by atoms with Crippen molar-refractivity contribution in [2.75, 3.05) is 25.5 Å². The number of amides is 1. The first-order valence-electron chi connectivity index (χ1n) is 9.65. The predicted molar refractivity (Wildman–Crippen MR) is 128 cm³/mol. The van der Waals surface area contributed by atoms with Crippen molar-refractivity contribution in [3.63, 3.8) is 0 Å². The molecule has 7 heteroatoms. The lowest BCUT2D eigenvalue weighted by Crippen LogP contribution is -2.44. The summed E-state index contributed by atoms with van der Waals surface area (Å²) in [4.78, 5) is 18.6. The zero-order valence-corrected chi connectivity index (χ0v) is 19.5. The second-order valence-electron chi connectivity index (χ2n) is 6.83. The number of carbonyl (C=O) groups excluding carboxylic acids is 1. The third kappa shape index (κ3) is 6.09. The monoisotopic (exact) mass is 508 g/mol. The van der Waals surface area contributed by atoms with E-state index in [-0.39, 0.29) is 29.9 Å². The van der Waals surface area contributed by atoms with E-state index in [0.29, 0.717) is 18.0 Å². The molecule has 2 aromatic carbocycles. The first kappa shape index (κ1) is 23.0. The number of benzene rings is 2. The van der Waals surface area contributed by atoms with Gasteiger partial charge in [-0.15, -0.1) is 24.0 Å². The molecule has 6 nitrogen and oxygen atoms in total. The number of rotatable bonds is 5. The summed E-state index contributed by atoms with van der Waals surface area (Å²) >= 11 is 0. The number of methoxy groups -OCH3 is 1. The molecule has 0 saturated heterocycles. The van der Waals surface area contributed by atoms with Crippen LogP contribution in [0.2, 0.25) is 0 Å². The van der Waals surface area contributed by atoms with Crippen molar-refractivity contribution >= 4 is 41.5 Å². The SMILES string of the molecule is CCNC(=NCc1ccc(OC)c(NC(C)=O)c1)N1CCc2ccccc2C1.I. The van der Waals surface area contributed by atoms with Crippen molar-refractivity contribution in [3.05, 3.63) is 59.2 Å². The summed E-state index contributed by atoms with van der Waals surface area (Å²) < 4.78 is 5.32. The zero-order valence-electron chi connectivity index (χ0n) is 17.2. The maximum absolute atomic E-state index is 11.4. The Labute approximate surface area is 189 Å². The Morgan fingerprint density at radius 2 is 1.97 bits per heavy atom. The maximum atomic E-state index is 11.4. The van der Waals surface area contributed by atoms with Crippen molar-refractivity contribution in [2.24, 2.45) is 4.99 Å². The Morgan fingerprint density at radius 3 is 2.66 bits per heavy atom. The molecule has 1 aliphatic rings. The first-order chi connectivity index (χ1) is 13.6. The molecule has 1 aliphatic heterocycles. The molecule has 0 aromatic heterocycles. The Morgan fingerprint density at radius 1 is 1.21 bits per heavy atom. The standard InChI is InChI=1S/C22H28N4O2.HI/c1-4-23-22(26-12-11-18-7-5-6-8-19(18)15-26)24-14-17-9-10-21(28-3)20(13-17)25-16(2)27;/h5-10,13H,4,11-12,14-15H2,1-3H3,(H,23,24)(H,25,27);1H. The fourth-order valence-electron chi connectivity index (χ4n) is 3.41. The van der Waals surface area contributed by atoms with E-state index in [9.17, 15) is 4.79 Å². The van der Waals surface area contributed by atoms with Crippen molar-refractivity contribution in [1.29, 1.82) is 0 Å². The second kappa shape index (κ2) is 11.0. The number of nitrogens with one attached hydrogen (secondary N) is 2. The summed E-state index contributed by atoms with van der Waals surface area (Å²) in [5.74, 6) is 1.43. The lowest BCUT2D eigenvalue weighted by atomic mass is 10.0. The largest absolute Gasteiger partial charge is 0.495 e. The minimum absolute atomic E-state index is 0. The van der Waals surface area contributed by atoms with E-state index in [0.717, 1.165) is 37.6 Å². The molecule has 1 amide bonds. The van der Waals surface area contributed by atoms with Crippen LogP contribution >= 0.6 is 24.0 Å². The van der Waals surface area contributed by atoms with Gasteiger partial charge in [0.25, 0.3) is 0 Å². The molecule has 1 heterocycles. The minimum atomic E-state index is -0.126. The van der Waals surface area contributed by atoms with Gasteiger partial charge in [0.2, 0.25) is 5.91 Å². The zero-order chi connectivity index (χ0) is 19.9. The van der Waals surface area contributed by atoms with E-state index in [1.54, 1.807) is 7.11 Å². The molecule has 2 N–H and O–H groups in total. The smallest absolute Gasteiger partial charge is 0.221 e. The number of nitrogens with zero attached hydrogens (tertiary/aromatic N) is 2. The highest BCUT2D eigenvalue weighted by Crippen LogP contribution is 2.26. The number of aliphatic imine (C=N–C) groups is 1. The summed E-state index contributed by atoms with van der Waals surface area (Å²) in [6, 6.07) is 14.3. The summed E-state index contributed by atoms with van der Waals surface area (Å²) in [6.45, 7) is 6.72. The van der Waals surface area contributed by atoms with Crippen LogP contribution in [0.5, 0.6) is 5.75 Å². The maximum Gasteiger partial charge on any atom is 0.221 e. The van der Waals surface area contributed by atoms with Crippen LogP contribution in [-0.4, -0.2) is 37.0 Å². The molecule has 0 aliphatic carbocycles. The van der Waals surface area contributed by atoms with Gasteiger partial charge in [0.15, 0.2) is 5.96 Å². The van der Waals surface area contributed by atoms with Crippen molar-refractivity contribution < 1.29 is 9.53 Å². The summed E-state index contributed by atoms with van der Waals surface area (Å²) in [5, 5.41) is 6.22. The number of halogens is 1. The average molecular weight is 508 g/mol. The molecule has 0 unspecified atom stereocenters. The van der Waals surface area contributed by atoms with E-state index in [1.165, 1.54) is 18.1 Å². The van der Waals surface area contributed by atoms with Gasteiger partial charge in [-0.25, -0.2) is 4.99 Å². The van der Waals surface area contributed by atoms with Crippen molar-refractivity contribution in [1.82, 2.24) is 10.2 Å². The van der Waals surface area contributed by atoms with E-state index < -0.39 is 0 Å². The van der Waals surface area contributed by atoms with E-state index in [1.807, 2.05) is 18.2 Å². The fourth-order valence-corrected chi connectivity index (χ4v) is 3.41. The molecule has 0 radical (unpaired) electrons. The van der Waals surface area contributed by atoms with Crippen LogP contribution in [-0.2, 0) is 24.3 Å². The summed E-state index contributed by atoms with van der Waals surface area (Å²) in [7, 11) is 1.59.